The summed E-state index contributed by atoms with van der Waals surface area (Å²) in [7, 11) is -3.60. The fourth-order valence-electron chi connectivity index (χ4n) is 3.48. The Labute approximate surface area is 166 Å². The number of benzene rings is 3. The van der Waals surface area contributed by atoms with Gasteiger partial charge in [-0.15, -0.1) is 0 Å². The molecule has 0 saturated carbocycles. The zero-order valence-corrected chi connectivity index (χ0v) is 17.3. The van der Waals surface area contributed by atoms with Crippen LogP contribution in [0.25, 0.3) is 21.5 Å². The summed E-state index contributed by atoms with van der Waals surface area (Å²) in [6.07, 6.45) is 1.02. The van der Waals surface area contributed by atoms with Gasteiger partial charge in [-0.3, -0.25) is 4.18 Å². The summed E-state index contributed by atoms with van der Waals surface area (Å²) >= 11 is 0. The van der Waals surface area contributed by atoms with Crippen molar-refractivity contribution in [3.8, 4) is 0 Å². The van der Waals surface area contributed by atoms with Gasteiger partial charge in [-0.2, -0.15) is 8.42 Å². The molecular weight excluding hydrogens is 374 g/mol. The van der Waals surface area contributed by atoms with Gasteiger partial charge in [-0.05, 0) is 39.1 Å². The molecule has 0 heterocycles. The van der Waals surface area contributed by atoms with Crippen LogP contribution in [0.5, 0.6) is 0 Å². The van der Waals surface area contributed by atoms with Gasteiger partial charge in [0.15, 0.2) is 0 Å². The predicted molar refractivity (Wildman–Crippen MR) is 114 cm³/mol. The predicted octanol–water partition coefficient (Wildman–Crippen LogP) is 3.45. The van der Waals surface area contributed by atoms with E-state index in [1.807, 2.05) is 38.1 Å². The van der Waals surface area contributed by atoms with Gasteiger partial charge in [-0.25, -0.2) is 0 Å². The van der Waals surface area contributed by atoms with E-state index in [4.69, 9.17) is 4.18 Å². The van der Waals surface area contributed by atoms with E-state index in [9.17, 15) is 13.5 Å². The van der Waals surface area contributed by atoms with Gasteiger partial charge in [0.2, 0.25) is 0 Å². The molecule has 6 heteroatoms. The zero-order valence-electron chi connectivity index (χ0n) is 16.5. The fourth-order valence-corrected chi connectivity index (χ4v) is 3.91. The minimum Gasteiger partial charge on any atom is -0.394 e. The van der Waals surface area contributed by atoms with Crippen molar-refractivity contribution in [3.63, 3.8) is 0 Å². The molecule has 0 aromatic heterocycles. The van der Waals surface area contributed by atoms with Crippen LogP contribution in [0.15, 0.2) is 54.6 Å². The Hall–Kier alpha value is -1.99. The van der Waals surface area contributed by atoms with Crippen LogP contribution in [0, 0.1) is 5.92 Å². The van der Waals surface area contributed by atoms with Crippen LogP contribution < -0.4 is 5.32 Å². The lowest BCUT2D eigenvalue weighted by molar-refractivity contribution is 0.0681. The van der Waals surface area contributed by atoms with E-state index in [0.717, 1.165) is 33.4 Å². The number of aliphatic hydroxyl groups excluding tert-OH is 1. The van der Waals surface area contributed by atoms with Crippen molar-refractivity contribution in [3.05, 3.63) is 60.2 Å². The highest BCUT2D eigenvalue weighted by Gasteiger charge is 2.34. The van der Waals surface area contributed by atoms with Crippen LogP contribution in [0.3, 0.4) is 0 Å². The summed E-state index contributed by atoms with van der Waals surface area (Å²) in [6.45, 7) is 4.01. The number of hydrogen-bond acceptors (Lipinski definition) is 5. The van der Waals surface area contributed by atoms with Crippen molar-refractivity contribution in [1.82, 2.24) is 5.32 Å². The maximum absolute atomic E-state index is 11.5. The second-order valence-electron chi connectivity index (χ2n) is 7.59. The van der Waals surface area contributed by atoms with Crippen molar-refractivity contribution in [2.45, 2.75) is 25.9 Å². The standard InChI is InChI=1S/C22H27NO4S/c1-16(2)22(14-24,15-27-28(3,25)26)23-13-21-19-10-6-4-8-17(19)12-18-9-5-7-11-20(18)21/h4-12,16,23-24H,13-15H2,1-3H3. The number of fused-ring (bicyclic) bond motifs is 2. The number of aliphatic hydroxyl groups is 1. The molecule has 0 saturated heterocycles. The molecule has 3 rings (SSSR count). The maximum atomic E-state index is 11.5. The Morgan fingerprint density at radius 2 is 1.57 bits per heavy atom. The van der Waals surface area contributed by atoms with Crippen molar-refractivity contribution in [1.29, 1.82) is 0 Å². The minimum absolute atomic E-state index is 0.0412. The van der Waals surface area contributed by atoms with Crippen LogP contribution in [-0.4, -0.2) is 38.5 Å². The monoisotopic (exact) mass is 401 g/mol. The van der Waals surface area contributed by atoms with Gasteiger partial charge in [0.25, 0.3) is 10.1 Å². The van der Waals surface area contributed by atoms with E-state index < -0.39 is 15.7 Å². The molecule has 0 aliphatic carbocycles. The molecule has 1 unspecified atom stereocenters. The Bertz CT molecular complexity index is 1020. The van der Waals surface area contributed by atoms with Crippen LogP contribution in [0.2, 0.25) is 0 Å². The quantitative estimate of drug-likeness (QED) is 0.447. The van der Waals surface area contributed by atoms with Crippen molar-refractivity contribution >= 4 is 31.7 Å². The average Bonchev–Trinajstić information content (AvgIpc) is 2.66. The summed E-state index contributed by atoms with van der Waals surface area (Å²) in [6, 6.07) is 18.6. The molecule has 3 aromatic rings. The fraction of sp³-hybridized carbons (Fsp3) is 0.364. The van der Waals surface area contributed by atoms with Gasteiger partial charge >= 0.3 is 0 Å². The smallest absolute Gasteiger partial charge is 0.264 e. The number of nitrogens with one attached hydrogen (secondary N) is 1. The largest absolute Gasteiger partial charge is 0.394 e. The molecular formula is C22H27NO4S. The SMILES string of the molecule is CC(C)C(CO)(COS(C)(=O)=O)NCc1c2ccccc2cc2ccccc12. The third-order valence-corrected chi connectivity index (χ3v) is 5.96. The van der Waals surface area contributed by atoms with Crippen LogP contribution in [0.1, 0.15) is 19.4 Å². The van der Waals surface area contributed by atoms with Gasteiger partial charge < -0.3 is 10.4 Å². The molecule has 0 bridgehead atoms. The number of rotatable bonds is 8. The van der Waals surface area contributed by atoms with E-state index in [2.05, 4.69) is 35.6 Å². The van der Waals surface area contributed by atoms with Crippen LogP contribution >= 0.6 is 0 Å². The second kappa shape index (κ2) is 8.17. The first-order valence-electron chi connectivity index (χ1n) is 9.35. The molecule has 5 nitrogen and oxygen atoms in total. The van der Waals surface area contributed by atoms with Gasteiger partial charge in [0.1, 0.15) is 0 Å². The Balaban J connectivity index is 2.02. The van der Waals surface area contributed by atoms with Gasteiger partial charge in [0.05, 0.1) is 25.0 Å². The first kappa shape index (κ1) is 20.7. The summed E-state index contributed by atoms with van der Waals surface area (Å²) < 4.78 is 28.1. The normalized spacial score (nSPS) is 14.6. The van der Waals surface area contributed by atoms with E-state index in [-0.39, 0.29) is 19.1 Å². The third kappa shape index (κ3) is 4.36. The lowest BCUT2D eigenvalue weighted by atomic mass is 9.87. The number of hydrogen-bond donors (Lipinski definition) is 2. The first-order valence-corrected chi connectivity index (χ1v) is 11.2. The molecule has 2 N–H and O–H groups in total. The molecule has 0 radical (unpaired) electrons. The van der Waals surface area contributed by atoms with E-state index in [1.165, 1.54) is 0 Å². The van der Waals surface area contributed by atoms with E-state index >= 15 is 0 Å². The summed E-state index contributed by atoms with van der Waals surface area (Å²) in [5, 5.41) is 18.1. The molecule has 150 valence electrons. The molecule has 0 aliphatic heterocycles. The first-order chi connectivity index (χ1) is 13.3. The second-order valence-corrected chi connectivity index (χ2v) is 9.23. The molecule has 28 heavy (non-hydrogen) atoms. The van der Waals surface area contributed by atoms with Crippen LogP contribution in [-0.2, 0) is 20.8 Å². The Morgan fingerprint density at radius 3 is 2.04 bits per heavy atom. The minimum atomic E-state index is -3.60. The topological polar surface area (TPSA) is 75.6 Å². The highest BCUT2D eigenvalue weighted by atomic mass is 32.2. The lowest BCUT2D eigenvalue weighted by Gasteiger charge is -2.36. The summed E-state index contributed by atoms with van der Waals surface area (Å²) in [5.41, 5.74) is 0.243. The summed E-state index contributed by atoms with van der Waals surface area (Å²) in [4.78, 5) is 0. The summed E-state index contributed by atoms with van der Waals surface area (Å²) in [5.74, 6) is -0.0412. The van der Waals surface area contributed by atoms with Crippen molar-refractivity contribution in [2.75, 3.05) is 19.5 Å². The molecule has 3 aromatic carbocycles. The zero-order chi connectivity index (χ0) is 20.4. The third-order valence-electron chi connectivity index (χ3n) is 5.42. The highest BCUT2D eigenvalue weighted by Crippen LogP contribution is 2.29. The molecule has 1 atom stereocenters. The van der Waals surface area contributed by atoms with Crippen molar-refractivity contribution in [2.24, 2.45) is 5.92 Å². The molecule has 0 amide bonds. The van der Waals surface area contributed by atoms with Gasteiger partial charge in [0, 0.05) is 6.54 Å². The van der Waals surface area contributed by atoms with Gasteiger partial charge in [-0.1, -0.05) is 62.4 Å². The van der Waals surface area contributed by atoms with Crippen molar-refractivity contribution < 1.29 is 17.7 Å². The Morgan fingerprint density at radius 1 is 1.04 bits per heavy atom. The molecule has 0 aliphatic rings. The molecule has 0 spiro atoms. The lowest BCUT2D eigenvalue weighted by Crippen LogP contribution is -2.56. The van der Waals surface area contributed by atoms with E-state index in [0.29, 0.717) is 6.54 Å². The average molecular weight is 402 g/mol. The van der Waals surface area contributed by atoms with E-state index in [1.54, 1.807) is 0 Å². The van der Waals surface area contributed by atoms with Crippen LogP contribution in [0.4, 0.5) is 0 Å². The maximum Gasteiger partial charge on any atom is 0.264 e. The molecule has 0 fully saturated rings. The Kier molecular flexibility index (Phi) is 6.05. The highest BCUT2D eigenvalue weighted by molar-refractivity contribution is 7.85.